The van der Waals surface area contributed by atoms with E-state index in [1.807, 2.05) is 11.8 Å². The number of primary amides is 1. The van der Waals surface area contributed by atoms with Gasteiger partial charge in [0, 0.05) is 28.1 Å². The molecule has 5 heteroatoms. The standard InChI is InChI=1S/C13H17FN2OS/c1-7-10(14)5-9(13(15)17)6-12(7)16-11-3-4-18-8(11)2/h5-6,8,11,16H,3-4H2,1-2H3,(H2,15,17). The Morgan fingerprint density at radius 2 is 2.28 bits per heavy atom. The fourth-order valence-corrected chi connectivity index (χ4v) is 3.29. The van der Waals surface area contributed by atoms with Crippen molar-refractivity contribution >= 4 is 23.4 Å². The Bertz CT molecular complexity index is 478. The maximum atomic E-state index is 13.7. The Labute approximate surface area is 110 Å². The number of nitrogens with one attached hydrogen (secondary N) is 1. The average Bonchev–Trinajstić information content (AvgIpc) is 2.70. The van der Waals surface area contributed by atoms with Gasteiger partial charge in [-0.3, -0.25) is 4.79 Å². The predicted octanol–water partition coefficient (Wildman–Crippen LogP) is 2.54. The van der Waals surface area contributed by atoms with Crippen LogP contribution in [0.4, 0.5) is 10.1 Å². The molecule has 0 aliphatic carbocycles. The highest BCUT2D eigenvalue weighted by molar-refractivity contribution is 8.00. The van der Waals surface area contributed by atoms with Gasteiger partial charge in [0.15, 0.2) is 0 Å². The molecule has 1 aliphatic rings. The first-order valence-corrected chi connectivity index (χ1v) is 7.02. The van der Waals surface area contributed by atoms with Crippen LogP contribution in [-0.2, 0) is 0 Å². The number of rotatable bonds is 3. The lowest BCUT2D eigenvalue weighted by molar-refractivity contribution is 0.1000. The fourth-order valence-electron chi connectivity index (χ4n) is 2.09. The van der Waals surface area contributed by atoms with Crippen molar-refractivity contribution in [2.24, 2.45) is 5.73 Å². The summed E-state index contributed by atoms with van der Waals surface area (Å²) in [6.45, 7) is 3.86. The van der Waals surface area contributed by atoms with E-state index in [-0.39, 0.29) is 5.56 Å². The van der Waals surface area contributed by atoms with E-state index in [4.69, 9.17) is 5.73 Å². The highest BCUT2D eigenvalue weighted by Gasteiger charge is 2.24. The minimum absolute atomic E-state index is 0.207. The third-order valence-corrected chi connectivity index (χ3v) is 4.67. The molecule has 1 amide bonds. The molecule has 1 aromatic rings. The molecule has 0 bridgehead atoms. The largest absolute Gasteiger partial charge is 0.381 e. The van der Waals surface area contributed by atoms with Gasteiger partial charge in [0.25, 0.3) is 0 Å². The number of amides is 1. The number of carbonyl (C=O) groups is 1. The van der Waals surface area contributed by atoms with Gasteiger partial charge in [-0.15, -0.1) is 0 Å². The van der Waals surface area contributed by atoms with Crippen molar-refractivity contribution in [3.05, 3.63) is 29.1 Å². The quantitative estimate of drug-likeness (QED) is 0.885. The van der Waals surface area contributed by atoms with Crippen LogP contribution in [0.2, 0.25) is 0 Å². The zero-order chi connectivity index (χ0) is 13.3. The second kappa shape index (κ2) is 5.18. The average molecular weight is 268 g/mol. The molecule has 98 valence electrons. The predicted molar refractivity (Wildman–Crippen MR) is 73.6 cm³/mol. The Morgan fingerprint density at radius 1 is 1.56 bits per heavy atom. The molecule has 1 aliphatic heterocycles. The lowest BCUT2D eigenvalue weighted by atomic mass is 10.1. The van der Waals surface area contributed by atoms with Crippen LogP contribution >= 0.6 is 11.8 Å². The van der Waals surface area contributed by atoms with E-state index in [9.17, 15) is 9.18 Å². The second-order valence-electron chi connectivity index (χ2n) is 4.61. The summed E-state index contributed by atoms with van der Waals surface area (Å²) in [5.74, 6) is 0.105. The van der Waals surface area contributed by atoms with Crippen LogP contribution in [0.15, 0.2) is 12.1 Å². The van der Waals surface area contributed by atoms with E-state index >= 15 is 0 Å². The van der Waals surface area contributed by atoms with Gasteiger partial charge in [-0.05, 0) is 31.2 Å². The number of nitrogens with two attached hydrogens (primary N) is 1. The molecule has 1 saturated heterocycles. The highest BCUT2D eigenvalue weighted by Crippen LogP contribution is 2.30. The Kier molecular flexibility index (Phi) is 3.80. The molecule has 1 heterocycles. The van der Waals surface area contributed by atoms with Gasteiger partial charge in [0.05, 0.1) is 0 Å². The van der Waals surface area contributed by atoms with Gasteiger partial charge in [-0.25, -0.2) is 4.39 Å². The lowest BCUT2D eigenvalue weighted by Gasteiger charge is -2.20. The molecule has 1 fully saturated rings. The van der Waals surface area contributed by atoms with E-state index in [1.54, 1.807) is 13.0 Å². The van der Waals surface area contributed by atoms with Crippen LogP contribution in [0.5, 0.6) is 0 Å². The van der Waals surface area contributed by atoms with Crippen molar-refractivity contribution in [1.29, 1.82) is 0 Å². The summed E-state index contributed by atoms with van der Waals surface area (Å²) in [5.41, 5.74) is 6.61. The third-order valence-electron chi connectivity index (χ3n) is 3.35. The molecule has 0 spiro atoms. The summed E-state index contributed by atoms with van der Waals surface area (Å²) in [6.07, 6.45) is 1.05. The van der Waals surface area contributed by atoms with Gasteiger partial charge in [-0.2, -0.15) is 11.8 Å². The van der Waals surface area contributed by atoms with Crippen LogP contribution in [0, 0.1) is 12.7 Å². The summed E-state index contributed by atoms with van der Waals surface area (Å²) in [7, 11) is 0. The van der Waals surface area contributed by atoms with E-state index < -0.39 is 11.7 Å². The fraction of sp³-hybridized carbons (Fsp3) is 0.462. The first-order valence-electron chi connectivity index (χ1n) is 5.97. The number of benzene rings is 1. The van der Waals surface area contributed by atoms with Crippen molar-refractivity contribution in [2.45, 2.75) is 31.6 Å². The van der Waals surface area contributed by atoms with Crippen LogP contribution in [0.3, 0.4) is 0 Å². The molecule has 18 heavy (non-hydrogen) atoms. The van der Waals surface area contributed by atoms with Crippen molar-refractivity contribution in [3.8, 4) is 0 Å². The normalized spacial score (nSPS) is 23.1. The first kappa shape index (κ1) is 13.2. The van der Waals surface area contributed by atoms with E-state index in [2.05, 4.69) is 12.2 Å². The molecule has 2 rings (SSSR count). The van der Waals surface area contributed by atoms with Crippen molar-refractivity contribution in [2.75, 3.05) is 11.1 Å². The van der Waals surface area contributed by atoms with Crippen LogP contribution in [-0.4, -0.2) is 23.0 Å². The number of anilines is 1. The van der Waals surface area contributed by atoms with Gasteiger partial charge >= 0.3 is 0 Å². The monoisotopic (exact) mass is 268 g/mol. The summed E-state index contributed by atoms with van der Waals surface area (Å²) in [6, 6.07) is 3.14. The number of hydrogen-bond acceptors (Lipinski definition) is 3. The Balaban J connectivity index is 2.28. The van der Waals surface area contributed by atoms with Crippen molar-refractivity contribution < 1.29 is 9.18 Å². The smallest absolute Gasteiger partial charge is 0.248 e. The highest BCUT2D eigenvalue weighted by atomic mass is 32.2. The second-order valence-corrected chi connectivity index (χ2v) is 6.10. The number of hydrogen-bond donors (Lipinski definition) is 2. The molecule has 3 N–H and O–H groups in total. The maximum absolute atomic E-state index is 13.7. The molecule has 0 saturated carbocycles. The molecule has 0 aromatic heterocycles. The van der Waals surface area contributed by atoms with E-state index in [0.29, 0.717) is 22.5 Å². The third kappa shape index (κ3) is 2.61. The molecular weight excluding hydrogens is 251 g/mol. The van der Waals surface area contributed by atoms with Gasteiger partial charge in [-0.1, -0.05) is 6.92 Å². The minimum Gasteiger partial charge on any atom is -0.381 e. The summed E-state index contributed by atoms with van der Waals surface area (Å²) in [5, 5.41) is 3.82. The van der Waals surface area contributed by atoms with Crippen LogP contribution < -0.4 is 11.1 Å². The lowest BCUT2D eigenvalue weighted by Crippen LogP contribution is -2.25. The van der Waals surface area contributed by atoms with Gasteiger partial charge in [0.2, 0.25) is 5.91 Å². The van der Waals surface area contributed by atoms with Crippen LogP contribution in [0.1, 0.15) is 29.3 Å². The molecule has 2 unspecified atom stereocenters. The topological polar surface area (TPSA) is 55.1 Å². The zero-order valence-corrected chi connectivity index (χ0v) is 11.3. The van der Waals surface area contributed by atoms with E-state index in [1.165, 1.54) is 6.07 Å². The number of halogens is 1. The molecular formula is C13H17FN2OS. The SMILES string of the molecule is Cc1c(F)cc(C(N)=O)cc1NC1CCSC1C. The number of thioether (sulfide) groups is 1. The molecule has 0 radical (unpaired) electrons. The van der Waals surface area contributed by atoms with Crippen molar-refractivity contribution in [1.82, 2.24) is 0 Å². The molecule has 2 atom stereocenters. The maximum Gasteiger partial charge on any atom is 0.248 e. The van der Waals surface area contributed by atoms with Crippen molar-refractivity contribution in [3.63, 3.8) is 0 Å². The summed E-state index contributed by atoms with van der Waals surface area (Å²) >= 11 is 1.90. The Hall–Kier alpha value is -1.23. The van der Waals surface area contributed by atoms with Crippen LogP contribution in [0.25, 0.3) is 0 Å². The Morgan fingerprint density at radius 3 is 2.83 bits per heavy atom. The van der Waals surface area contributed by atoms with Gasteiger partial charge in [0.1, 0.15) is 5.82 Å². The number of carbonyl (C=O) groups excluding carboxylic acids is 1. The first-order chi connectivity index (χ1) is 8.49. The van der Waals surface area contributed by atoms with Gasteiger partial charge < -0.3 is 11.1 Å². The summed E-state index contributed by atoms with van der Waals surface area (Å²) in [4.78, 5) is 11.1. The minimum atomic E-state index is -0.606. The summed E-state index contributed by atoms with van der Waals surface area (Å²) < 4.78 is 13.7. The zero-order valence-electron chi connectivity index (χ0n) is 10.5. The molecule has 1 aromatic carbocycles. The van der Waals surface area contributed by atoms with E-state index in [0.717, 1.165) is 12.2 Å². The molecule has 3 nitrogen and oxygen atoms in total.